The van der Waals surface area contributed by atoms with Gasteiger partial charge in [-0.1, -0.05) is 17.7 Å². The SMILES string of the molecule is C[C@@H]1C(=O)NCCN1C(=O)N[C@H](c1cnc(C(F)(F)F)nc1)c1ccc(F)c(Cl)c1F. The number of hydrogen-bond acceptors (Lipinski definition) is 4. The number of aromatic nitrogens is 2. The molecular weight excluding hydrogens is 449 g/mol. The fourth-order valence-electron chi connectivity index (χ4n) is 3.00. The van der Waals surface area contributed by atoms with Gasteiger partial charge in [0.2, 0.25) is 11.7 Å². The van der Waals surface area contributed by atoms with Crippen LogP contribution in [-0.2, 0) is 11.0 Å². The van der Waals surface area contributed by atoms with Crippen LogP contribution >= 0.6 is 11.6 Å². The lowest BCUT2D eigenvalue weighted by Gasteiger charge is -2.34. The molecule has 31 heavy (non-hydrogen) atoms. The maximum atomic E-state index is 14.7. The van der Waals surface area contributed by atoms with Crippen LogP contribution in [0.4, 0.5) is 26.7 Å². The summed E-state index contributed by atoms with van der Waals surface area (Å²) in [6.45, 7) is 1.79. The van der Waals surface area contributed by atoms with Crippen molar-refractivity contribution in [2.24, 2.45) is 0 Å². The molecular formula is C18H15ClF5N5O2. The maximum Gasteiger partial charge on any atom is 0.451 e. The fraction of sp³-hybridized carbons (Fsp3) is 0.333. The minimum atomic E-state index is -4.81. The van der Waals surface area contributed by atoms with E-state index in [1.54, 1.807) is 0 Å². The van der Waals surface area contributed by atoms with Gasteiger partial charge < -0.3 is 15.5 Å². The van der Waals surface area contributed by atoms with Crippen LogP contribution in [0.15, 0.2) is 24.5 Å². The highest BCUT2D eigenvalue weighted by atomic mass is 35.5. The van der Waals surface area contributed by atoms with Gasteiger partial charge in [-0.05, 0) is 13.0 Å². The number of rotatable bonds is 3. The van der Waals surface area contributed by atoms with E-state index in [1.807, 2.05) is 0 Å². The first-order valence-electron chi connectivity index (χ1n) is 8.88. The number of amides is 3. The molecule has 1 saturated heterocycles. The summed E-state index contributed by atoms with van der Waals surface area (Å²) in [7, 11) is 0. The Kier molecular flexibility index (Phi) is 6.30. The number of halogens is 6. The van der Waals surface area contributed by atoms with E-state index in [4.69, 9.17) is 11.6 Å². The number of alkyl halides is 3. The van der Waals surface area contributed by atoms with E-state index in [0.29, 0.717) is 0 Å². The largest absolute Gasteiger partial charge is 0.451 e. The number of hydrogen-bond donors (Lipinski definition) is 2. The molecule has 1 aliphatic rings. The number of nitrogens with one attached hydrogen (secondary N) is 2. The number of carbonyl (C=O) groups excluding carboxylic acids is 2. The Hall–Kier alpha value is -3.02. The molecule has 1 aromatic carbocycles. The summed E-state index contributed by atoms with van der Waals surface area (Å²) in [5, 5.41) is 4.16. The highest BCUT2D eigenvalue weighted by molar-refractivity contribution is 6.31. The van der Waals surface area contributed by atoms with Crippen LogP contribution in [0.2, 0.25) is 5.02 Å². The summed E-state index contributed by atoms with van der Waals surface area (Å²) in [5.74, 6) is -4.11. The van der Waals surface area contributed by atoms with E-state index in [-0.39, 0.29) is 24.2 Å². The maximum absolute atomic E-state index is 14.7. The lowest BCUT2D eigenvalue weighted by Crippen LogP contribution is -2.58. The first-order chi connectivity index (χ1) is 14.5. The molecule has 0 aliphatic carbocycles. The molecule has 0 radical (unpaired) electrons. The summed E-state index contributed by atoms with van der Waals surface area (Å²) >= 11 is 5.62. The van der Waals surface area contributed by atoms with Crippen molar-refractivity contribution in [3.05, 3.63) is 58.1 Å². The molecule has 7 nitrogen and oxygen atoms in total. The minimum absolute atomic E-state index is 0.114. The zero-order valence-corrected chi connectivity index (χ0v) is 16.6. The molecule has 2 N–H and O–H groups in total. The highest BCUT2D eigenvalue weighted by Crippen LogP contribution is 2.31. The Morgan fingerprint density at radius 2 is 1.94 bits per heavy atom. The first-order valence-corrected chi connectivity index (χ1v) is 9.26. The van der Waals surface area contributed by atoms with Crippen molar-refractivity contribution in [1.29, 1.82) is 0 Å². The molecule has 1 aromatic heterocycles. The second-order valence-electron chi connectivity index (χ2n) is 6.65. The zero-order chi connectivity index (χ0) is 22.9. The Bertz CT molecular complexity index is 1000. The quantitative estimate of drug-likeness (QED) is 0.541. The van der Waals surface area contributed by atoms with Crippen LogP contribution in [0.25, 0.3) is 0 Å². The smallest absolute Gasteiger partial charge is 0.353 e. The third-order valence-electron chi connectivity index (χ3n) is 4.66. The summed E-state index contributed by atoms with van der Waals surface area (Å²) in [6.07, 6.45) is -3.27. The predicted octanol–water partition coefficient (Wildman–Crippen LogP) is 3.05. The van der Waals surface area contributed by atoms with Gasteiger partial charge in [0.15, 0.2) is 0 Å². The lowest BCUT2D eigenvalue weighted by atomic mass is 10.0. The monoisotopic (exact) mass is 463 g/mol. The van der Waals surface area contributed by atoms with E-state index in [1.165, 1.54) is 11.8 Å². The Balaban J connectivity index is 2.00. The Morgan fingerprint density at radius 1 is 1.29 bits per heavy atom. The van der Waals surface area contributed by atoms with Crippen LogP contribution in [0.1, 0.15) is 29.9 Å². The van der Waals surface area contributed by atoms with Gasteiger partial charge in [0.1, 0.15) is 22.7 Å². The normalized spacial score (nSPS) is 17.8. The standard InChI is InChI=1S/C18H15ClF5N5O2/c1-8-15(30)25-4-5-29(8)17(31)28-14(10-2-3-11(20)12(19)13(10)21)9-6-26-16(27-7-9)18(22,23)24/h2-3,6-8,14H,4-5H2,1H3,(H,25,30)(H,28,31)/t8-,14-/m1/s1. The molecule has 1 fully saturated rings. The van der Waals surface area contributed by atoms with Crippen molar-refractivity contribution < 1.29 is 31.5 Å². The molecule has 166 valence electrons. The molecule has 0 spiro atoms. The molecule has 2 aromatic rings. The molecule has 3 amide bonds. The van der Waals surface area contributed by atoms with Gasteiger partial charge in [-0.2, -0.15) is 13.2 Å². The highest BCUT2D eigenvalue weighted by Gasteiger charge is 2.36. The second-order valence-corrected chi connectivity index (χ2v) is 7.02. The van der Waals surface area contributed by atoms with Crippen LogP contribution < -0.4 is 10.6 Å². The van der Waals surface area contributed by atoms with Gasteiger partial charge >= 0.3 is 12.2 Å². The first kappa shape index (κ1) is 22.7. The number of nitrogens with zero attached hydrogens (tertiary/aromatic N) is 3. The summed E-state index contributed by atoms with van der Waals surface area (Å²) in [5.41, 5.74) is -0.436. The van der Waals surface area contributed by atoms with Crippen molar-refractivity contribution >= 4 is 23.5 Å². The van der Waals surface area contributed by atoms with Gasteiger partial charge in [-0.3, -0.25) is 4.79 Å². The number of piperazine rings is 1. The molecule has 0 saturated carbocycles. The third-order valence-corrected chi connectivity index (χ3v) is 5.01. The Morgan fingerprint density at radius 3 is 2.55 bits per heavy atom. The van der Waals surface area contributed by atoms with Crippen molar-refractivity contribution in [2.45, 2.75) is 25.2 Å². The van der Waals surface area contributed by atoms with Crippen molar-refractivity contribution in [3.63, 3.8) is 0 Å². The molecule has 13 heteroatoms. The van der Waals surface area contributed by atoms with Crippen molar-refractivity contribution in [2.75, 3.05) is 13.1 Å². The van der Waals surface area contributed by atoms with Crippen LogP contribution in [-0.4, -0.2) is 45.9 Å². The van der Waals surface area contributed by atoms with Crippen LogP contribution in [0.3, 0.4) is 0 Å². The van der Waals surface area contributed by atoms with E-state index in [0.717, 1.165) is 24.5 Å². The van der Waals surface area contributed by atoms with Gasteiger partial charge in [-0.15, -0.1) is 0 Å². The number of benzene rings is 1. The predicted molar refractivity (Wildman–Crippen MR) is 98.0 cm³/mol. The van der Waals surface area contributed by atoms with Crippen molar-refractivity contribution in [1.82, 2.24) is 25.5 Å². The number of urea groups is 1. The van der Waals surface area contributed by atoms with Gasteiger partial charge in [0.05, 0.1) is 6.04 Å². The third kappa shape index (κ3) is 4.68. The Labute approximate surface area is 177 Å². The molecule has 2 heterocycles. The van der Waals surface area contributed by atoms with Crippen molar-refractivity contribution in [3.8, 4) is 0 Å². The van der Waals surface area contributed by atoms with Gasteiger partial charge in [0.25, 0.3) is 0 Å². The topological polar surface area (TPSA) is 87.2 Å². The number of carbonyl (C=O) groups is 2. The van der Waals surface area contributed by atoms with E-state index >= 15 is 0 Å². The van der Waals surface area contributed by atoms with E-state index in [2.05, 4.69) is 20.6 Å². The molecule has 0 unspecified atom stereocenters. The summed E-state index contributed by atoms with van der Waals surface area (Å²) in [4.78, 5) is 32.2. The fourth-order valence-corrected chi connectivity index (χ4v) is 3.18. The van der Waals surface area contributed by atoms with E-state index in [9.17, 15) is 31.5 Å². The minimum Gasteiger partial charge on any atom is -0.353 e. The molecule has 0 bridgehead atoms. The van der Waals surface area contributed by atoms with Crippen LogP contribution in [0, 0.1) is 11.6 Å². The molecule has 2 atom stereocenters. The lowest BCUT2D eigenvalue weighted by molar-refractivity contribution is -0.145. The van der Waals surface area contributed by atoms with Crippen LogP contribution in [0.5, 0.6) is 0 Å². The van der Waals surface area contributed by atoms with Gasteiger partial charge in [0, 0.05) is 36.6 Å². The molecule has 3 rings (SSSR count). The van der Waals surface area contributed by atoms with E-state index < -0.39 is 52.7 Å². The summed E-state index contributed by atoms with van der Waals surface area (Å²) < 4.78 is 66.6. The second kappa shape index (κ2) is 8.61. The molecule has 1 aliphatic heterocycles. The average Bonchev–Trinajstić information content (AvgIpc) is 2.72. The zero-order valence-electron chi connectivity index (χ0n) is 15.8. The summed E-state index contributed by atoms with van der Waals surface area (Å²) in [6, 6.07) is -1.22. The van der Waals surface area contributed by atoms with Gasteiger partial charge in [-0.25, -0.2) is 23.5 Å². The average molecular weight is 464 g/mol.